The summed E-state index contributed by atoms with van der Waals surface area (Å²) in [7, 11) is 0. The molecule has 28 heavy (non-hydrogen) atoms. The van der Waals surface area contributed by atoms with Gasteiger partial charge in [0, 0.05) is 6.04 Å². The Balaban J connectivity index is 1.40. The number of hydrogen-bond acceptors (Lipinski definition) is 6. The van der Waals surface area contributed by atoms with Gasteiger partial charge >= 0.3 is 0 Å². The Labute approximate surface area is 165 Å². The van der Waals surface area contributed by atoms with Crippen LogP contribution in [-0.2, 0) is 11.3 Å². The fraction of sp³-hybridized carbons (Fsp3) is 0.476. The molecule has 0 saturated heterocycles. The van der Waals surface area contributed by atoms with Crippen molar-refractivity contribution in [2.24, 2.45) is 0 Å². The summed E-state index contributed by atoms with van der Waals surface area (Å²) in [6, 6.07) is 10.3. The number of ether oxygens (including phenoxy) is 1. The molecule has 2 heterocycles. The van der Waals surface area contributed by atoms with Crippen molar-refractivity contribution in [2.45, 2.75) is 57.8 Å². The molecule has 0 bridgehead atoms. The molecule has 2 atom stereocenters. The lowest BCUT2D eigenvalue weighted by Gasteiger charge is -2.17. The van der Waals surface area contributed by atoms with Gasteiger partial charge in [0.2, 0.25) is 0 Å². The van der Waals surface area contributed by atoms with Gasteiger partial charge in [-0.05, 0) is 24.8 Å². The van der Waals surface area contributed by atoms with Gasteiger partial charge in [0.05, 0.1) is 25.6 Å². The van der Waals surface area contributed by atoms with Crippen LogP contribution < -0.4 is 5.73 Å². The first-order chi connectivity index (χ1) is 13.7. The molecule has 0 fully saturated rings. The molecule has 0 spiro atoms. The molecular formula is C21H29N5O2. The Kier molecular flexibility index (Phi) is 7.33. The van der Waals surface area contributed by atoms with E-state index in [2.05, 4.69) is 26.4 Å². The van der Waals surface area contributed by atoms with E-state index in [0.29, 0.717) is 30.6 Å². The van der Waals surface area contributed by atoms with E-state index in [1.165, 1.54) is 6.33 Å². The van der Waals surface area contributed by atoms with E-state index in [0.717, 1.165) is 43.3 Å². The number of nitrogens with two attached hydrogens (primary N) is 1. The number of anilines is 1. The maximum atomic E-state index is 10.1. The fourth-order valence-electron chi connectivity index (χ4n) is 3.41. The van der Waals surface area contributed by atoms with Gasteiger partial charge in [-0.1, -0.05) is 50.1 Å². The summed E-state index contributed by atoms with van der Waals surface area (Å²) in [4.78, 5) is 12.7. The summed E-state index contributed by atoms with van der Waals surface area (Å²) < 4.78 is 7.70. The summed E-state index contributed by atoms with van der Waals surface area (Å²) in [5.41, 5.74) is 8.44. The van der Waals surface area contributed by atoms with Gasteiger partial charge in [0.1, 0.15) is 11.8 Å². The van der Waals surface area contributed by atoms with Gasteiger partial charge in [-0.25, -0.2) is 15.0 Å². The zero-order chi connectivity index (χ0) is 19.8. The minimum Gasteiger partial charge on any atom is -0.391 e. The normalized spacial score (nSPS) is 13.6. The average molecular weight is 383 g/mol. The van der Waals surface area contributed by atoms with E-state index in [9.17, 15) is 5.11 Å². The number of unbranched alkanes of at least 4 members (excludes halogenated alkanes) is 1. The standard InChI is InChI=1S/C21H29N5O2/c1-2-17(26-15-25-19-20(22)23-14-24-21(19)26)10-6-7-11-18(27)13-28-12-16-8-4-3-5-9-16/h3-5,8-9,14-15,17-18,27H,2,6-7,10-13H2,1H3,(H2,22,23,24)/t17-,18?/m1/s1. The molecule has 0 radical (unpaired) electrons. The van der Waals surface area contributed by atoms with Crippen LogP contribution in [0.2, 0.25) is 0 Å². The molecule has 2 aromatic heterocycles. The summed E-state index contributed by atoms with van der Waals surface area (Å²) in [5.74, 6) is 0.414. The molecule has 150 valence electrons. The van der Waals surface area contributed by atoms with Crippen LogP contribution in [0.25, 0.3) is 11.2 Å². The Hall–Kier alpha value is -2.51. The van der Waals surface area contributed by atoms with Crippen molar-refractivity contribution in [2.75, 3.05) is 12.3 Å². The monoisotopic (exact) mass is 383 g/mol. The summed E-state index contributed by atoms with van der Waals surface area (Å²) in [5, 5.41) is 10.1. The largest absolute Gasteiger partial charge is 0.391 e. The SMILES string of the molecule is CC[C@H](CCCCC(O)COCc1ccccc1)n1cnc2c(N)ncnc21. The van der Waals surface area contributed by atoms with Gasteiger partial charge in [-0.15, -0.1) is 0 Å². The molecule has 7 nitrogen and oxygen atoms in total. The topological polar surface area (TPSA) is 99.1 Å². The van der Waals surface area contributed by atoms with E-state index in [1.54, 1.807) is 6.33 Å². The third kappa shape index (κ3) is 5.27. The van der Waals surface area contributed by atoms with Crippen LogP contribution in [0.4, 0.5) is 5.82 Å². The predicted octanol–water partition coefficient (Wildman–Crippen LogP) is 3.50. The highest BCUT2D eigenvalue weighted by atomic mass is 16.5. The van der Waals surface area contributed by atoms with E-state index in [1.807, 2.05) is 30.3 Å². The molecule has 0 saturated carbocycles. The van der Waals surface area contributed by atoms with Gasteiger partial charge in [-0.3, -0.25) is 0 Å². The average Bonchev–Trinajstić information content (AvgIpc) is 3.14. The third-order valence-corrected chi connectivity index (χ3v) is 5.00. The number of nitrogen functional groups attached to an aromatic ring is 1. The van der Waals surface area contributed by atoms with E-state index >= 15 is 0 Å². The summed E-state index contributed by atoms with van der Waals surface area (Å²) >= 11 is 0. The number of benzene rings is 1. The molecule has 0 aliphatic heterocycles. The molecule has 0 amide bonds. The fourth-order valence-corrected chi connectivity index (χ4v) is 3.41. The number of fused-ring (bicyclic) bond motifs is 1. The Morgan fingerprint density at radius 2 is 1.89 bits per heavy atom. The quantitative estimate of drug-likeness (QED) is 0.492. The van der Waals surface area contributed by atoms with Crippen LogP contribution in [0.1, 0.15) is 50.6 Å². The molecule has 0 aliphatic rings. The second-order valence-electron chi connectivity index (χ2n) is 7.08. The van der Waals surface area contributed by atoms with Gasteiger partial charge in [-0.2, -0.15) is 0 Å². The zero-order valence-corrected chi connectivity index (χ0v) is 16.4. The number of aliphatic hydroxyl groups is 1. The first-order valence-electron chi connectivity index (χ1n) is 9.91. The molecule has 3 N–H and O–H groups in total. The number of aromatic nitrogens is 4. The first-order valence-corrected chi connectivity index (χ1v) is 9.91. The number of aliphatic hydroxyl groups excluding tert-OH is 1. The number of rotatable bonds is 11. The van der Waals surface area contributed by atoms with Crippen molar-refractivity contribution >= 4 is 17.0 Å². The Bertz CT molecular complexity index is 852. The maximum Gasteiger partial charge on any atom is 0.165 e. The molecule has 1 unspecified atom stereocenters. The minimum atomic E-state index is -0.426. The molecule has 7 heteroatoms. The zero-order valence-electron chi connectivity index (χ0n) is 16.4. The maximum absolute atomic E-state index is 10.1. The minimum absolute atomic E-state index is 0.311. The molecule has 1 aromatic carbocycles. The number of hydrogen-bond donors (Lipinski definition) is 2. The lowest BCUT2D eigenvalue weighted by Crippen LogP contribution is -2.15. The third-order valence-electron chi connectivity index (χ3n) is 5.00. The van der Waals surface area contributed by atoms with Crippen LogP contribution in [0.5, 0.6) is 0 Å². The van der Waals surface area contributed by atoms with Crippen molar-refractivity contribution in [3.8, 4) is 0 Å². The van der Waals surface area contributed by atoms with Crippen molar-refractivity contribution in [3.05, 3.63) is 48.5 Å². The second kappa shape index (κ2) is 10.1. The highest BCUT2D eigenvalue weighted by molar-refractivity contribution is 5.81. The van der Waals surface area contributed by atoms with E-state index in [-0.39, 0.29) is 0 Å². The number of nitrogens with zero attached hydrogens (tertiary/aromatic N) is 4. The predicted molar refractivity (Wildman–Crippen MR) is 110 cm³/mol. The van der Waals surface area contributed by atoms with Crippen LogP contribution in [0.15, 0.2) is 43.0 Å². The van der Waals surface area contributed by atoms with Crippen molar-refractivity contribution in [3.63, 3.8) is 0 Å². The van der Waals surface area contributed by atoms with Crippen molar-refractivity contribution in [1.29, 1.82) is 0 Å². The highest BCUT2D eigenvalue weighted by Gasteiger charge is 2.15. The molecular weight excluding hydrogens is 354 g/mol. The highest BCUT2D eigenvalue weighted by Crippen LogP contribution is 2.25. The van der Waals surface area contributed by atoms with Gasteiger partial charge in [0.25, 0.3) is 0 Å². The summed E-state index contributed by atoms with van der Waals surface area (Å²) in [6.07, 6.45) is 7.56. The van der Waals surface area contributed by atoms with Crippen LogP contribution in [0, 0.1) is 0 Å². The Morgan fingerprint density at radius 1 is 1.11 bits per heavy atom. The van der Waals surface area contributed by atoms with Gasteiger partial charge < -0.3 is 20.1 Å². The summed E-state index contributed by atoms with van der Waals surface area (Å²) in [6.45, 7) is 3.07. The first kappa shape index (κ1) is 20.2. The van der Waals surface area contributed by atoms with Gasteiger partial charge in [0.15, 0.2) is 11.5 Å². The Morgan fingerprint density at radius 3 is 2.68 bits per heavy atom. The lowest BCUT2D eigenvalue weighted by molar-refractivity contribution is 0.0232. The lowest BCUT2D eigenvalue weighted by atomic mass is 10.0. The second-order valence-corrected chi connectivity index (χ2v) is 7.08. The van der Waals surface area contributed by atoms with Crippen molar-refractivity contribution in [1.82, 2.24) is 19.5 Å². The smallest absolute Gasteiger partial charge is 0.165 e. The number of imidazole rings is 1. The molecule has 0 aliphatic carbocycles. The van der Waals surface area contributed by atoms with Crippen LogP contribution in [-0.4, -0.2) is 37.3 Å². The molecule has 3 rings (SSSR count). The van der Waals surface area contributed by atoms with E-state index < -0.39 is 6.10 Å². The van der Waals surface area contributed by atoms with Crippen LogP contribution >= 0.6 is 0 Å². The van der Waals surface area contributed by atoms with E-state index in [4.69, 9.17) is 10.5 Å². The molecule has 3 aromatic rings. The van der Waals surface area contributed by atoms with Crippen molar-refractivity contribution < 1.29 is 9.84 Å². The van der Waals surface area contributed by atoms with Crippen LogP contribution in [0.3, 0.4) is 0 Å².